The number of carboxylic acids is 1. The first-order valence-electron chi connectivity index (χ1n) is 7.74. The molecule has 0 unspecified atom stereocenters. The minimum Gasteiger partial charge on any atom is -0.487 e. The number of nitrogens with one attached hydrogen (secondary N) is 1. The number of rotatable bonds is 5. The fourth-order valence-electron chi connectivity index (χ4n) is 2.50. The number of aromatic carboxylic acids is 1. The van der Waals surface area contributed by atoms with Crippen molar-refractivity contribution in [2.75, 3.05) is 0 Å². The van der Waals surface area contributed by atoms with Gasteiger partial charge in [0.2, 0.25) is 5.95 Å². The summed E-state index contributed by atoms with van der Waals surface area (Å²) in [5.41, 5.74) is 2.45. The van der Waals surface area contributed by atoms with Crippen molar-refractivity contribution in [1.82, 2.24) is 19.7 Å². The number of ether oxygens (including phenoxy) is 1. The second kappa shape index (κ2) is 6.53. The number of imidazole rings is 1. The van der Waals surface area contributed by atoms with Gasteiger partial charge in [0.25, 0.3) is 0 Å². The third-order valence-corrected chi connectivity index (χ3v) is 4.10. The molecule has 0 saturated heterocycles. The molecule has 0 spiro atoms. The molecule has 0 radical (unpaired) electrons. The summed E-state index contributed by atoms with van der Waals surface area (Å²) in [7, 11) is 0. The molecule has 0 aliphatic rings. The van der Waals surface area contributed by atoms with Crippen molar-refractivity contribution in [2.45, 2.75) is 6.61 Å². The van der Waals surface area contributed by atoms with Gasteiger partial charge in [-0.1, -0.05) is 41.9 Å². The van der Waals surface area contributed by atoms with Crippen LogP contribution < -0.4 is 4.74 Å². The highest BCUT2D eigenvalue weighted by atomic mass is 35.5. The number of carboxylic acid groups (broad SMARTS) is 1. The van der Waals surface area contributed by atoms with E-state index in [1.807, 2.05) is 30.3 Å². The Morgan fingerprint density at radius 2 is 2.08 bits per heavy atom. The van der Waals surface area contributed by atoms with Crippen LogP contribution in [0.1, 0.15) is 15.9 Å². The summed E-state index contributed by atoms with van der Waals surface area (Å²) in [4.78, 5) is 18.5. The van der Waals surface area contributed by atoms with Crippen LogP contribution in [0, 0.1) is 0 Å². The van der Waals surface area contributed by atoms with E-state index >= 15 is 0 Å². The van der Waals surface area contributed by atoms with Crippen LogP contribution in [-0.4, -0.2) is 30.8 Å². The summed E-state index contributed by atoms with van der Waals surface area (Å²) in [6, 6.07) is 13.2. The molecule has 2 heterocycles. The molecule has 2 aromatic heterocycles. The highest BCUT2D eigenvalue weighted by Crippen LogP contribution is 2.30. The van der Waals surface area contributed by atoms with Crippen LogP contribution in [0.4, 0.5) is 0 Å². The van der Waals surface area contributed by atoms with Gasteiger partial charge in [-0.05, 0) is 11.6 Å². The number of hydrogen-bond donors (Lipinski definition) is 2. The Labute approximate surface area is 152 Å². The number of aromatic nitrogens is 4. The van der Waals surface area contributed by atoms with Gasteiger partial charge in [0.1, 0.15) is 12.4 Å². The smallest absolute Gasteiger partial charge is 0.338 e. The maximum absolute atomic E-state index is 11.0. The van der Waals surface area contributed by atoms with Crippen molar-refractivity contribution in [2.24, 2.45) is 0 Å². The van der Waals surface area contributed by atoms with E-state index in [0.717, 1.165) is 5.56 Å². The molecule has 2 aromatic carbocycles. The first-order chi connectivity index (χ1) is 12.6. The summed E-state index contributed by atoms with van der Waals surface area (Å²) < 4.78 is 7.16. The van der Waals surface area contributed by atoms with Crippen LogP contribution in [0.25, 0.3) is 17.0 Å². The summed E-state index contributed by atoms with van der Waals surface area (Å²) in [5, 5.41) is 13.4. The summed E-state index contributed by atoms with van der Waals surface area (Å²) in [6.07, 6.45) is 2.64. The summed E-state index contributed by atoms with van der Waals surface area (Å²) in [6.45, 7) is 0.393. The number of H-pyrrole nitrogens is 1. The lowest BCUT2D eigenvalue weighted by atomic mass is 10.2. The van der Waals surface area contributed by atoms with E-state index in [1.165, 1.54) is 17.1 Å². The van der Waals surface area contributed by atoms with E-state index < -0.39 is 5.97 Å². The highest BCUT2D eigenvalue weighted by molar-refractivity contribution is 6.32. The average Bonchev–Trinajstić information content (AvgIpc) is 3.27. The first-order valence-corrected chi connectivity index (χ1v) is 8.12. The molecule has 7 nitrogen and oxygen atoms in total. The molecule has 4 rings (SSSR count). The Morgan fingerprint density at radius 3 is 2.81 bits per heavy atom. The Bertz CT molecular complexity index is 1090. The van der Waals surface area contributed by atoms with Gasteiger partial charge in [-0.2, -0.15) is 5.10 Å². The maximum atomic E-state index is 11.0. The van der Waals surface area contributed by atoms with Gasteiger partial charge in [-0.15, -0.1) is 0 Å². The lowest BCUT2D eigenvalue weighted by Crippen LogP contribution is -1.97. The first kappa shape index (κ1) is 16.2. The number of nitrogens with zero attached hydrogens (tertiary/aromatic N) is 3. The molecular formula is C18H13ClN4O3. The second-order valence-corrected chi connectivity index (χ2v) is 6.02. The molecule has 130 valence electrons. The van der Waals surface area contributed by atoms with Crippen molar-refractivity contribution in [3.8, 4) is 11.7 Å². The summed E-state index contributed by atoms with van der Waals surface area (Å²) >= 11 is 6.30. The molecule has 0 fully saturated rings. The number of carbonyl (C=O) groups is 1. The monoisotopic (exact) mass is 368 g/mol. The normalized spacial score (nSPS) is 11.0. The Morgan fingerprint density at radius 1 is 1.27 bits per heavy atom. The van der Waals surface area contributed by atoms with Crippen LogP contribution in [0.2, 0.25) is 5.02 Å². The molecule has 0 aliphatic carbocycles. The van der Waals surface area contributed by atoms with Gasteiger partial charge < -0.3 is 14.8 Å². The molecule has 0 atom stereocenters. The number of aromatic amines is 1. The number of benzene rings is 2. The van der Waals surface area contributed by atoms with Gasteiger partial charge in [0.05, 0.1) is 27.8 Å². The molecule has 0 bridgehead atoms. The zero-order valence-electron chi connectivity index (χ0n) is 13.4. The Balaban J connectivity index is 1.62. The number of halogens is 1. The topological polar surface area (TPSA) is 93.0 Å². The zero-order chi connectivity index (χ0) is 18.1. The lowest BCUT2D eigenvalue weighted by Gasteiger charge is -2.07. The van der Waals surface area contributed by atoms with Crippen molar-refractivity contribution < 1.29 is 14.6 Å². The Kier molecular flexibility index (Phi) is 4.06. The van der Waals surface area contributed by atoms with Gasteiger partial charge in [-0.3, -0.25) is 0 Å². The molecule has 26 heavy (non-hydrogen) atoms. The van der Waals surface area contributed by atoms with Gasteiger partial charge in [-0.25, -0.2) is 14.5 Å². The van der Waals surface area contributed by atoms with Crippen LogP contribution in [0.3, 0.4) is 0 Å². The molecule has 0 saturated carbocycles. The van der Waals surface area contributed by atoms with Crippen LogP contribution in [0.15, 0.2) is 54.9 Å². The van der Waals surface area contributed by atoms with E-state index in [2.05, 4.69) is 15.1 Å². The molecule has 0 amide bonds. The summed E-state index contributed by atoms with van der Waals surface area (Å²) in [5.74, 6) is -0.136. The van der Waals surface area contributed by atoms with E-state index in [9.17, 15) is 4.79 Å². The van der Waals surface area contributed by atoms with Crippen LogP contribution in [-0.2, 0) is 6.61 Å². The SMILES string of the molecule is O=C(O)c1cnn(-c2nc3cc(OCc4ccccc4)c(Cl)cc3[nH]2)c1. The lowest BCUT2D eigenvalue weighted by molar-refractivity contribution is 0.0697. The Hall–Kier alpha value is -3.32. The van der Waals surface area contributed by atoms with E-state index in [4.69, 9.17) is 21.4 Å². The zero-order valence-corrected chi connectivity index (χ0v) is 14.1. The third kappa shape index (κ3) is 3.12. The largest absolute Gasteiger partial charge is 0.487 e. The average molecular weight is 369 g/mol. The van der Waals surface area contributed by atoms with Gasteiger partial charge in [0.15, 0.2) is 0 Å². The second-order valence-electron chi connectivity index (χ2n) is 5.61. The minimum absolute atomic E-state index is 0.0790. The van der Waals surface area contributed by atoms with Crippen LogP contribution >= 0.6 is 11.6 Å². The van der Waals surface area contributed by atoms with E-state index in [1.54, 1.807) is 12.1 Å². The van der Waals surface area contributed by atoms with Crippen molar-refractivity contribution in [1.29, 1.82) is 0 Å². The third-order valence-electron chi connectivity index (χ3n) is 3.81. The number of fused-ring (bicyclic) bond motifs is 1. The quantitative estimate of drug-likeness (QED) is 0.560. The molecular weight excluding hydrogens is 356 g/mol. The van der Waals surface area contributed by atoms with Crippen LogP contribution in [0.5, 0.6) is 5.75 Å². The molecule has 2 N–H and O–H groups in total. The fourth-order valence-corrected chi connectivity index (χ4v) is 2.72. The fraction of sp³-hybridized carbons (Fsp3) is 0.0556. The van der Waals surface area contributed by atoms with E-state index in [-0.39, 0.29) is 5.56 Å². The highest BCUT2D eigenvalue weighted by Gasteiger charge is 2.13. The van der Waals surface area contributed by atoms with E-state index in [0.29, 0.717) is 34.4 Å². The maximum Gasteiger partial charge on any atom is 0.338 e. The molecule has 4 aromatic rings. The molecule has 8 heteroatoms. The minimum atomic E-state index is -1.05. The predicted molar refractivity (Wildman–Crippen MR) is 96.0 cm³/mol. The van der Waals surface area contributed by atoms with Gasteiger partial charge in [0, 0.05) is 12.3 Å². The predicted octanol–water partition coefficient (Wildman–Crippen LogP) is 3.68. The van der Waals surface area contributed by atoms with Gasteiger partial charge >= 0.3 is 5.97 Å². The standard InChI is InChI=1S/C18H13ClN4O3/c19-13-6-14-15(7-16(13)26-10-11-4-2-1-3-5-11)22-18(21-14)23-9-12(8-20-23)17(24)25/h1-9H,10H2,(H,21,22)(H,24,25). The number of hydrogen-bond acceptors (Lipinski definition) is 4. The van der Waals surface area contributed by atoms with Crippen molar-refractivity contribution in [3.05, 3.63) is 71.0 Å². The van der Waals surface area contributed by atoms with Crippen molar-refractivity contribution in [3.63, 3.8) is 0 Å². The molecule has 0 aliphatic heterocycles. The van der Waals surface area contributed by atoms with Crippen molar-refractivity contribution >= 4 is 28.6 Å².